The number of aliphatic carboxylic acids is 1. The number of carbonyl (C=O) groups is 2. The average molecular weight is 307 g/mol. The summed E-state index contributed by atoms with van der Waals surface area (Å²) in [5.41, 5.74) is 0.0817. The first kappa shape index (κ1) is 14.8. The standard InChI is InChI=1S/C16H18FNO4/c1-22-13-3-2-10(17)8-11(13)14(19)18-6-4-16(5-7-18)9-12(16)15(20)21/h2-3,8,12H,4-7,9H2,1H3,(H,20,21)/t12-/m1/s1. The Labute approximate surface area is 127 Å². The lowest BCUT2D eigenvalue weighted by Crippen LogP contribution is -2.40. The number of carboxylic acid groups (broad SMARTS) is 1. The minimum Gasteiger partial charge on any atom is -0.496 e. The van der Waals surface area contributed by atoms with Crippen LogP contribution in [0.3, 0.4) is 0 Å². The number of hydrogen-bond donors (Lipinski definition) is 1. The molecule has 6 heteroatoms. The Hall–Kier alpha value is -2.11. The largest absolute Gasteiger partial charge is 0.496 e. The van der Waals surface area contributed by atoms with E-state index in [-0.39, 0.29) is 22.8 Å². The molecule has 5 nitrogen and oxygen atoms in total. The van der Waals surface area contributed by atoms with E-state index in [4.69, 9.17) is 9.84 Å². The molecule has 1 aromatic carbocycles. The molecule has 1 aromatic rings. The zero-order valence-corrected chi connectivity index (χ0v) is 12.3. The highest BCUT2D eigenvalue weighted by atomic mass is 19.1. The minimum absolute atomic E-state index is 0.130. The smallest absolute Gasteiger partial charge is 0.307 e. The van der Waals surface area contributed by atoms with Crippen LogP contribution in [0.1, 0.15) is 29.6 Å². The Morgan fingerprint density at radius 3 is 2.59 bits per heavy atom. The van der Waals surface area contributed by atoms with Crippen LogP contribution >= 0.6 is 0 Å². The van der Waals surface area contributed by atoms with Crippen LogP contribution in [-0.4, -0.2) is 42.1 Å². The zero-order valence-electron chi connectivity index (χ0n) is 12.3. The predicted octanol–water partition coefficient (Wildman–Crippen LogP) is 2.16. The third-order valence-electron chi connectivity index (χ3n) is 4.93. The highest BCUT2D eigenvalue weighted by Gasteiger charge is 2.59. The van der Waals surface area contributed by atoms with Crippen LogP contribution in [0.2, 0.25) is 0 Å². The van der Waals surface area contributed by atoms with Gasteiger partial charge in [0.1, 0.15) is 11.6 Å². The van der Waals surface area contributed by atoms with E-state index in [9.17, 15) is 14.0 Å². The molecule has 1 saturated carbocycles. The second kappa shape index (κ2) is 5.26. The van der Waals surface area contributed by atoms with Gasteiger partial charge in [0, 0.05) is 13.1 Å². The first-order chi connectivity index (χ1) is 10.5. The third-order valence-corrected chi connectivity index (χ3v) is 4.93. The molecule has 1 spiro atoms. The molecule has 3 rings (SSSR count). The van der Waals surface area contributed by atoms with Crippen molar-refractivity contribution in [3.8, 4) is 5.75 Å². The molecule has 1 N–H and O–H groups in total. The van der Waals surface area contributed by atoms with E-state index in [0.29, 0.717) is 38.1 Å². The molecule has 22 heavy (non-hydrogen) atoms. The third kappa shape index (κ3) is 2.42. The molecule has 2 aliphatic rings. The van der Waals surface area contributed by atoms with Gasteiger partial charge in [0.25, 0.3) is 5.91 Å². The number of piperidine rings is 1. The van der Waals surface area contributed by atoms with Gasteiger partial charge in [-0.05, 0) is 42.9 Å². The Balaban J connectivity index is 1.71. The molecule has 1 heterocycles. The van der Waals surface area contributed by atoms with E-state index in [1.165, 1.54) is 25.3 Å². The number of methoxy groups -OCH3 is 1. The molecule has 1 saturated heterocycles. The summed E-state index contributed by atoms with van der Waals surface area (Å²) in [5.74, 6) is -1.41. The molecule has 118 valence electrons. The van der Waals surface area contributed by atoms with Gasteiger partial charge in [-0.1, -0.05) is 0 Å². The molecule has 0 radical (unpaired) electrons. The van der Waals surface area contributed by atoms with Gasteiger partial charge in [0.15, 0.2) is 0 Å². The lowest BCUT2D eigenvalue weighted by molar-refractivity contribution is -0.139. The van der Waals surface area contributed by atoms with Gasteiger partial charge in [-0.3, -0.25) is 9.59 Å². The van der Waals surface area contributed by atoms with Crippen molar-refractivity contribution in [3.05, 3.63) is 29.6 Å². The monoisotopic (exact) mass is 307 g/mol. The van der Waals surface area contributed by atoms with Crippen molar-refractivity contribution in [2.45, 2.75) is 19.3 Å². The van der Waals surface area contributed by atoms with Gasteiger partial charge in [0.05, 0.1) is 18.6 Å². The summed E-state index contributed by atoms with van der Waals surface area (Å²) in [6.45, 7) is 1.00. The number of halogens is 1. The summed E-state index contributed by atoms with van der Waals surface area (Å²) in [7, 11) is 1.44. The Morgan fingerprint density at radius 1 is 1.36 bits per heavy atom. The maximum absolute atomic E-state index is 13.4. The molecule has 2 fully saturated rings. The molecule has 1 aliphatic heterocycles. The van der Waals surface area contributed by atoms with Crippen LogP contribution in [0.5, 0.6) is 5.75 Å². The number of hydrogen-bond acceptors (Lipinski definition) is 3. The fourth-order valence-corrected chi connectivity index (χ4v) is 3.42. The second-order valence-corrected chi connectivity index (χ2v) is 6.09. The van der Waals surface area contributed by atoms with E-state index >= 15 is 0 Å². The summed E-state index contributed by atoms with van der Waals surface area (Å²) < 4.78 is 18.5. The van der Waals surface area contributed by atoms with Crippen molar-refractivity contribution in [1.29, 1.82) is 0 Å². The van der Waals surface area contributed by atoms with E-state index in [1.54, 1.807) is 4.90 Å². The number of ether oxygens (including phenoxy) is 1. The van der Waals surface area contributed by atoms with Gasteiger partial charge < -0.3 is 14.7 Å². The Kier molecular flexibility index (Phi) is 3.54. The normalized spacial score (nSPS) is 22.5. The van der Waals surface area contributed by atoms with E-state index in [2.05, 4.69) is 0 Å². The van der Waals surface area contributed by atoms with Crippen LogP contribution in [0.4, 0.5) is 4.39 Å². The minimum atomic E-state index is -0.744. The van der Waals surface area contributed by atoms with Crippen molar-refractivity contribution in [3.63, 3.8) is 0 Å². The molecule has 1 amide bonds. The Morgan fingerprint density at radius 2 is 2.05 bits per heavy atom. The SMILES string of the molecule is COc1ccc(F)cc1C(=O)N1CCC2(CC1)C[C@@H]2C(=O)O. The van der Waals surface area contributed by atoms with Gasteiger partial charge in [-0.25, -0.2) is 4.39 Å². The topological polar surface area (TPSA) is 66.8 Å². The van der Waals surface area contributed by atoms with Crippen LogP contribution in [0, 0.1) is 17.2 Å². The summed E-state index contributed by atoms with van der Waals surface area (Å²) in [4.78, 5) is 25.2. The van der Waals surface area contributed by atoms with Gasteiger partial charge in [-0.2, -0.15) is 0 Å². The van der Waals surface area contributed by atoms with Crippen molar-refractivity contribution < 1.29 is 23.8 Å². The fraction of sp³-hybridized carbons (Fsp3) is 0.500. The van der Waals surface area contributed by atoms with E-state index in [1.807, 2.05) is 0 Å². The van der Waals surface area contributed by atoms with Crippen LogP contribution in [-0.2, 0) is 4.79 Å². The second-order valence-electron chi connectivity index (χ2n) is 6.09. The lowest BCUT2D eigenvalue weighted by Gasteiger charge is -2.33. The van der Waals surface area contributed by atoms with Gasteiger partial charge >= 0.3 is 5.97 Å². The van der Waals surface area contributed by atoms with Crippen molar-refractivity contribution in [2.24, 2.45) is 11.3 Å². The number of nitrogens with zero attached hydrogens (tertiary/aromatic N) is 1. The number of benzene rings is 1. The molecule has 0 aromatic heterocycles. The number of likely N-dealkylation sites (tertiary alicyclic amines) is 1. The summed E-state index contributed by atoms with van der Waals surface area (Å²) in [6.07, 6.45) is 2.08. The first-order valence-corrected chi connectivity index (χ1v) is 7.32. The first-order valence-electron chi connectivity index (χ1n) is 7.32. The van der Waals surface area contributed by atoms with Gasteiger partial charge in [-0.15, -0.1) is 0 Å². The zero-order chi connectivity index (χ0) is 15.9. The summed E-state index contributed by atoms with van der Waals surface area (Å²) in [5, 5.41) is 9.08. The van der Waals surface area contributed by atoms with Crippen LogP contribution in [0.25, 0.3) is 0 Å². The number of rotatable bonds is 3. The summed E-state index contributed by atoms with van der Waals surface area (Å²) >= 11 is 0. The van der Waals surface area contributed by atoms with Crippen molar-refractivity contribution >= 4 is 11.9 Å². The highest BCUT2D eigenvalue weighted by molar-refractivity contribution is 5.97. The summed E-state index contributed by atoms with van der Waals surface area (Å²) in [6, 6.07) is 3.88. The molecular weight excluding hydrogens is 289 g/mol. The van der Waals surface area contributed by atoms with Gasteiger partial charge in [0.2, 0.25) is 0 Å². The van der Waals surface area contributed by atoms with E-state index < -0.39 is 11.8 Å². The molecule has 0 unspecified atom stereocenters. The van der Waals surface area contributed by atoms with Crippen LogP contribution in [0.15, 0.2) is 18.2 Å². The highest BCUT2D eigenvalue weighted by Crippen LogP contribution is 2.59. The predicted molar refractivity (Wildman–Crippen MR) is 76.3 cm³/mol. The maximum Gasteiger partial charge on any atom is 0.307 e. The quantitative estimate of drug-likeness (QED) is 0.929. The number of carboxylic acids is 1. The fourth-order valence-electron chi connectivity index (χ4n) is 3.42. The maximum atomic E-state index is 13.4. The number of carbonyl (C=O) groups excluding carboxylic acids is 1. The molecule has 1 aliphatic carbocycles. The lowest BCUT2D eigenvalue weighted by atomic mass is 9.90. The average Bonchev–Trinajstić information content (AvgIpc) is 3.21. The van der Waals surface area contributed by atoms with Crippen molar-refractivity contribution in [2.75, 3.05) is 20.2 Å². The molecule has 1 atom stereocenters. The van der Waals surface area contributed by atoms with Crippen LogP contribution < -0.4 is 4.74 Å². The van der Waals surface area contributed by atoms with Crippen molar-refractivity contribution in [1.82, 2.24) is 4.90 Å². The van der Waals surface area contributed by atoms with E-state index in [0.717, 1.165) is 0 Å². The molecule has 0 bridgehead atoms. The molecular formula is C16H18FNO4. The number of amides is 1. The Bertz CT molecular complexity index is 623.